The Morgan fingerprint density at radius 3 is 2.73 bits per heavy atom. The number of carbonyl (C=O) groups is 2. The number of hydrogen-bond donors (Lipinski definition) is 1. The zero-order chi connectivity index (χ0) is 21.3. The minimum absolute atomic E-state index is 0.0531. The van der Waals surface area contributed by atoms with Gasteiger partial charge in [-0.3, -0.25) is 9.59 Å². The van der Waals surface area contributed by atoms with E-state index in [0.29, 0.717) is 35.4 Å². The van der Waals surface area contributed by atoms with Gasteiger partial charge in [0.15, 0.2) is 0 Å². The van der Waals surface area contributed by atoms with E-state index in [9.17, 15) is 9.59 Å². The molecule has 2 amide bonds. The van der Waals surface area contributed by atoms with E-state index in [2.05, 4.69) is 15.5 Å². The number of nitrogens with one attached hydrogen (secondary N) is 1. The van der Waals surface area contributed by atoms with E-state index in [1.807, 2.05) is 57.2 Å². The second kappa shape index (κ2) is 8.26. The molecule has 0 spiro atoms. The topological polar surface area (TPSA) is 88.3 Å². The molecule has 0 aliphatic carbocycles. The largest absolute Gasteiger partial charge is 0.338 e. The van der Waals surface area contributed by atoms with E-state index in [0.717, 1.165) is 24.2 Å². The lowest BCUT2D eigenvalue weighted by atomic mass is 9.95. The summed E-state index contributed by atoms with van der Waals surface area (Å²) in [5.74, 6) is -0.249. The smallest absolute Gasteiger partial charge is 0.259 e. The molecular weight excluding hydrogens is 380 g/mol. The monoisotopic (exact) mass is 406 g/mol. The van der Waals surface area contributed by atoms with Gasteiger partial charge in [-0.25, -0.2) is 4.98 Å². The van der Waals surface area contributed by atoms with Crippen molar-refractivity contribution in [1.82, 2.24) is 15.0 Å². The summed E-state index contributed by atoms with van der Waals surface area (Å²) in [4.78, 5) is 32.5. The number of fused-ring (bicyclic) bond motifs is 1. The van der Waals surface area contributed by atoms with Crippen molar-refractivity contribution in [3.63, 3.8) is 0 Å². The van der Waals surface area contributed by atoms with E-state index in [1.165, 1.54) is 0 Å². The van der Waals surface area contributed by atoms with Crippen molar-refractivity contribution in [2.75, 3.05) is 18.4 Å². The highest BCUT2D eigenvalue weighted by atomic mass is 16.5. The van der Waals surface area contributed by atoms with Gasteiger partial charge in [0.25, 0.3) is 11.6 Å². The maximum Gasteiger partial charge on any atom is 0.259 e. The van der Waals surface area contributed by atoms with Crippen molar-refractivity contribution >= 4 is 28.6 Å². The molecule has 156 valence electrons. The molecular formula is C23H26N4O3. The van der Waals surface area contributed by atoms with E-state index in [1.54, 1.807) is 4.90 Å². The molecule has 2 aromatic heterocycles. The summed E-state index contributed by atoms with van der Waals surface area (Å²) in [7, 11) is 0. The SMILES string of the molecule is Cc1noc2nc(C(C)C)cc(C(=O)N3CCCC(C(=O)Nc4ccccc4)C3)c12. The fraction of sp³-hybridized carbons (Fsp3) is 0.391. The van der Waals surface area contributed by atoms with Crippen LogP contribution in [0.15, 0.2) is 40.9 Å². The fourth-order valence-corrected chi connectivity index (χ4v) is 3.89. The number of hydrogen-bond acceptors (Lipinski definition) is 5. The Morgan fingerprint density at radius 1 is 1.23 bits per heavy atom. The molecule has 1 fully saturated rings. The Labute approximate surface area is 175 Å². The number of aryl methyl sites for hydroxylation is 1. The summed E-state index contributed by atoms with van der Waals surface area (Å²) in [6, 6.07) is 11.2. The third-order valence-corrected chi connectivity index (χ3v) is 5.58. The molecule has 1 aliphatic rings. The summed E-state index contributed by atoms with van der Waals surface area (Å²) < 4.78 is 5.35. The first-order valence-electron chi connectivity index (χ1n) is 10.4. The van der Waals surface area contributed by atoms with Gasteiger partial charge in [-0.1, -0.05) is 37.2 Å². The van der Waals surface area contributed by atoms with Crippen LogP contribution in [0.5, 0.6) is 0 Å². The highest BCUT2D eigenvalue weighted by Gasteiger charge is 2.31. The van der Waals surface area contributed by atoms with Gasteiger partial charge >= 0.3 is 0 Å². The average Bonchev–Trinajstić information content (AvgIpc) is 3.14. The van der Waals surface area contributed by atoms with Crippen molar-refractivity contribution in [2.24, 2.45) is 5.92 Å². The maximum absolute atomic E-state index is 13.5. The highest BCUT2D eigenvalue weighted by Crippen LogP contribution is 2.28. The van der Waals surface area contributed by atoms with Crippen LogP contribution < -0.4 is 5.32 Å². The van der Waals surface area contributed by atoms with Gasteiger partial charge < -0.3 is 14.7 Å². The zero-order valence-corrected chi connectivity index (χ0v) is 17.5. The fourth-order valence-electron chi connectivity index (χ4n) is 3.89. The van der Waals surface area contributed by atoms with Crippen molar-refractivity contribution in [3.8, 4) is 0 Å². The van der Waals surface area contributed by atoms with Crippen molar-refractivity contribution in [2.45, 2.75) is 39.5 Å². The maximum atomic E-state index is 13.5. The number of anilines is 1. The molecule has 7 heteroatoms. The Bertz CT molecular complexity index is 1070. The van der Waals surface area contributed by atoms with Gasteiger partial charge in [0.05, 0.1) is 22.6 Å². The minimum Gasteiger partial charge on any atom is -0.338 e. The lowest BCUT2D eigenvalue weighted by Crippen LogP contribution is -2.43. The van der Waals surface area contributed by atoms with E-state index < -0.39 is 0 Å². The first-order chi connectivity index (χ1) is 14.4. The Kier molecular flexibility index (Phi) is 5.53. The van der Waals surface area contributed by atoms with Gasteiger partial charge in [-0.15, -0.1) is 0 Å². The van der Waals surface area contributed by atoms with Crippen LogP contribution in [-0.2, 0) is 4.79 Å². The molecule has 3 heterocycles. The summed E-state index contributed by atoms with van der Waals surface area (Å²) in [5, 5.41) is 7.61. The molecule has 1 aliphatic heterocycles. The molecule has 1 N–H and O–H groups in total. The molecule has 1 unspecified atom stereocenters. The van der Waals surface area contributed by atoms with Crippen molar-refractivity contribution in [3.05, 3.63) is 53.3 Å². The second-order valence-electron chi connectivity index (χ2n) is 8.14. The van der Waals surface area contributed by atoms with Gasteiger partial charge in [0, 0.05) is 24.5 Å². The first kappa shape index (κ1) is 20.1. The van der Waals surface area contributed by atoms with E-state index in [-0.39, 0.29) is 23.7 Å². The summed E-state index contributed by atoms with van der Waals surface area (Å²) >= 11 is 0. The lowest BCUT2D eigenvalue weighted by molar-refractivity contribution is -0.121. The van der Waals surface area contributed by atoms with Crippen molar-refractivity contribution in [1.29, 1.82) is 0 Å². The van der Waals surface area contributed by atoms with Crippen LogP contribution in [0.1, 0.15) is 54.4 Å². The molecule has 3 aromatic rings. The Hall–Kier alpha value is -3.22. The Morgan fingerprint density at radius 2 is 2.00 bits per heavy atom. The van der Waals surface area contributed by atoms with Crippen LogP contribution in [0.2, 0.25) is 0 Å². The Balaban J connectivity index is 1.57. The molecule has 1 aromatic carbocycles. The molecule has 0 bridgehead atoms. The number of aromatic nitrogens is 2. The molecule has 1 saturated heterocycles. The van der Waals surface area contributed by atoms with Crippen LogP contribution in [0.4, 0.5) is 5.69 Å². The normalized spacial score (nSPS) is 16.8. The minimum atomic E-state index is -0.242. The van der Waals surface area contributed by atoms with Crippen LogP contribution in [0.25, 0.3) is 11.1 Å². The lowest BCUT2D eigenvalue weighted by Gasteiger charge is -2.32. The van der Waals surface area contributed by atoms with Crippen LogP contribution in [-0.4, -0.2) is 39.9 Å². The zero-order valence-electron chi connectivity index (χ0n) is 17.5. The highest BCUT2D eigenvalue weighted by molar-refractivity contribution is 6.06. The first-order valence-corrected chi connectivity index (χ1v) is 10.4. The van der Waals surface area contributed by atoms with Crippen LogP contribution in [0.3, 0.4) is 0 Å². The molecule has 0 radical (unpaired) electrons. The van der Waals surface area contributed by atoms with Gasteiger partial charge in [-0.05, 0) is 43.9 Å². The molecule has 30 heavy (non-hydrogen) atoms. The standard InChI is InChI=1S/C23H26N4O3/c1-14(2)19-12-18(20-15(3)26-30-22(20)25-19)23(29)27-11-7-8-16(13-27)21(28)24-17-9-5-4-6-10-17/h4-6,9-10,12,14,16H,7-8,11,13H2,1-3H3,(H,24,28). The summed E-state index contributed by atoms with van der Waals surface area (Å²) in [5.41, 5.74) is 3.14. The number of amides is 2. The number of para-hydroxylation sites is 1. The third-order valence-electron chi connectivity index (χ3n) is 5.58. The predicted molar refractivity (Wildman–Crippen MR) is 114 cm³/mol. The number of piperidine rings is 1. The average molecular weight is 406 g/mol. The van der Waals surface area contributed by atoms with Crippen LogP contribution in [0, 0.1) is 12.8 Å². The van der Waals surface area contributed by atoms with Crippen LogP contribution >= 0.6 is 0 Å². The summed E-state index contributed by atoms with van der Waals surface area (Å²) in [6.45, 7) is 6.88. The number of pyridine rings is 1. The van der Waals surface area contributed by atoms with Gasteiger partial charge in [0.1, 0.15) is 0 Å². The third kappa shape index (κ3) is 3.92. The second-order valence-corrected chi connectivity index (χ2v) is 8.14. The van der Waals surface area contributed by atoms with E-state index >= 15 is 0 Å². The van der Waals surface area contributed by atoms with E-state index in [4.69, 9.17) is 4.52 Å². The molecule has 4 rings (SSSR count). The van der Waals surface area contributed by atoms with Gasteiger partial charge in [-0.2, -0.15) is 0 Å². The number of carbonyl (C=O) groups excluding carboxylic acids is 2. The number of rotatable bonds is 4. The molecule has 7 nitrogen and oxygen atoms in total. The summed E-state index contributed by atoms with van der Waals surface area (Å²) in [6.07, 6.45) is 1.55. The molecule has 1 atom stereocenters. The molecule has 0 saturated carbocycles. The predicted octanol–water partition coefficient (Wildman–Crippen LogP) is 4.15. The number of benzene rings is 1. The quantitative estimate of drug-likeness (QED) is 0.703. The number of likely N-dealkylation sites (tertiary alicyclic amines) is 1. The number of nitrogens with zero attached hydrogens (tertiary/aromatic N) is 3. The van der Waals surface area contributed by atoms with Gasteiger partial charge in [0.2, 0.25) is 5.91 Å². The van der Waals surface area contributed by atoms with Crippen molar-refractivity contribution < 1.29 is 14.1 Å².